The zero-order chi connectivity index (χ0) is 13.7. The first-order valence-electron chi connectivity index (χ1n) is 8.09. The number of hydrogen-bond acceptors (Lipinski definition) is 2. The number of hydrogen-bond donors (Lipinski definition) is 1. The zero-order valence-corrected chi connectivity index (χ0v) is 12.7. The SMILES string of the molecule is CCC1(CN2C(=O)C3(CC3)NC2CC(C)C)CCC1. The molecule has 19 heavy (non-hydrogen) atoms. The average Bonchev–Trinajstić information content (AvgIpc) is 3.03. The van der Waals surface area contributed by atoms with Crippen LogP contribution in [0.4, 0.5) is 0 Å². The summed E-state index contributed by atoms with van der Waals surface area (Å²) in [6, 6.07) is 0. The van der Waals surface area contributed by atoms with Crippen LogP contribution in [0.1, 0.15) is 65.7 Å². The first-order chi connectivity index (χ1) is 9.00. The van der Waals surface area contributed by atoms with Gasteiger partial charge in [-0.25, -0.2) is 0 Å². The third-order valence-corrected chi connectivity index (χ3v) is 5.60. The summed E-state index contributed by atoms with van der Waals surface area (Å²) >= 11 is 0. The highest BCUT2D eigenvalue weighted by Gasteiger charge is 2.59. The van der Waals surface area contributed by atoms with E-state index < -0.39 is 0 Å². The summed E-state index contributed by atoms with van der Waals surface area (Å²) in [5.41, 5.74) is 0.297. The topological polar surface area (TPSA) is 32.3 Å². The maximum atomic E-state index is 12.7. The molecule has 0 aromatic heterocycles. The summed E-state index contributed by atoms with van der Waals surface area (Å²) in [6.45, 7) is 7.79. The quantitative estimate of drug-likeness (QED) is 0.828. The molecule has 108 valence electrons. The minimum absolute atomic E-state index is 0.141. The van der Waals surface area contributed by atoms with Crippen molar-refractivity contribution in [2.45, 2.75) is 77.4 Å². The van der Waals surface area contributed by atoms with Crippen LogP contribution in [0.25, 0.3) is 0 Å². The predicted octanol–water partition coefficient (Wildman–Crippen LogP) is 2.90. The van der Waals surface area contributed by atoms with Crippen molar-refractivity contribution in [1.29, 1.82) is 0 Å². The van der Waals surface area contributed by atoms with E-state index in [1.54, 1.807) is 0 Å². The van der Waals surface area contributed by atoms with Crippen LogP contribution in [0, 0.1) is 11.3 Å². The van der Waals surface area contributed by atoms with Crippen LogP contribution in [0.3, 0.4) is 0 Å². The molecule has 1 unspecified atom stereocenters. The Kier molecular flexibility index (Phi) is 3.16. The maximum absolute atomic E-state index is 12.7. The minimum atomic E-state index is -0.141. The molecule has 1 amide bonds. The second-order valence-corrected chi connectivity index (χ2v) is 7.51. The Hall–Kier alpha value is -0.570. The molecular formula is C16H28N2O. The van der Waals surface area contributed by atoms with E-state index in [-0.39, 0.29) is 5.54 Å². The standard InChI is InChI=1S/C16H28N2O/c1-4-15(6-5-7-15)11-18-13(10-12(2)3)17-16(8-9-16)14(18)19/h12-13,17H,4-11H2,1-3H3. The molecule has 1 heterocycles. The molecule has 1 saturated heterocycles. The fraction of sp³-hybridized carbons (Fsp3) is 0.938. The van der Waals surface area contributed by atoms with Crippen LogP contribution in [0.15, 0.2) is 0 Å². The van der Waals surface area contributed by atoms with Crippen LogP contribution >= 0.6 is 0 Å². The summed E-state index contributed by atoms with van der Waals surface area (Å²) in [5.74, 6) is 1.04. The van der Waals surface area contributed by atoms with E-state index >= 15 is 0 Å². The Morgan fingerprint density at radius 1 is 1.32 bits per heavy atom. The average molecular weight is 264 g/mol. The molecule has 3 fully saturated rings. The third-order valence-electron chi connectivity index (χ3n) is 5.60. The van der Waals surface area contributed by atoms with E-state index in [4.69, 9.17) is 0 Å². The monoisotopic (exact) mass is 264 g/mol. The van der Waals surface area contributed by atoms with Crippen molar-refractivity contribution in [3.63, 3.8) is 0 Å². The highest BCUT2D eigenvalue weighted by Crippen LogP contribution is 2.48. The molecule has 0 bridgehead atoms. The lowest BCUT2D eigenvalue weighted by Crippen LogP contribution is -2.47. The molecule has 1 aliphatic heterocycles. The lowest BCUT2D eigenvalue weighted by Gasteiger charge is -2.45. The lowest BCUT2D eigenvalue weighted by atomic mass is 9.66. The molecular weight excluding hydrogens is 236 g/mol. The number of nitrogens with zero attached hydrogens (tertiary/aromatic N) is 1. The molecule has 0 radical (unpaired) electrons. The summed E-state index contributed by atoms with van der Waals surface area (Å²) in [5, 5.41) is 3.64. The van der Waals surface area contributed by atoms with Gasteiger partial charge in [-0.05, 0) is 49.9 Å². The second kappa shape index (κ2) is 4.47. The van der Waals surface area contributed by atoms with Crippen molar-refractivity contribution in [2.75, 3.05) is 6.54 Å². The molecule has 3 aliphatic rings. The molecule has 1 N–H and O–H groups in total. The number of carbonyl (C=O) groups excluding carboxylic acids is 1. The first kappa shape index (κ1) is 13.4. The van der Waals surface area contributed by atoms with E-state index in [9.17, 15) is 4.79 Å². The summed E-state index contributed by atoms with van der Waals surface area (Å²) in [7, 11) is 0. The lowest BCUT2D eigenvalue weighted by molar-refractivity contribution is -0.133. The molecule has 3 nitrogen and oxygen atoms in total. The van der Waals surface area contributed by atoms with E-state index in [0.717, 1.165) is 25.8 Å². The Balaban J connectivity index is 1.74. The second-order valence-electron chi connectivity index (χ2n) is 7.51. The molecule has 1 spiro atoms. The van der Waals surface area contributed by atoms with Crippen molar-refractivity contribution >= 4 is 5.91 Å². The van der Waals surface area contributed by atoms with Gasteiger partial charge in [-0.3, -0.25) is 10.1 Å². The number of amides is 1. The summed E-state index contributed by atoms with van der Waals surface area (Å²) in [6.07, 6.45) is 8.68. The van der Waals surface area contributed by atoms with Gasteiger partial charge in [0, 0.05) is 6.54 Å². The molecule has 2 saturated carbocycles. The van der Waals surface area contributed by atoms with E-state index in [1.807, 2.05) is 0 Å². The molecule has 2 aliphatic carbocycles. The fourth-order valence-electron chi connectivity index (χ4n) is 3.83. The van der Waals surface area contributed by atoms with Gasteiger partial charge in [-0.1, -0.05) is 27.2 Å². The number of nitrogens with one attached hydrogen (secondary N) is 1. The van der Waals surface area contributed by atoms with Crippen LogP contribution in [-0.4, -0.2) is 29.1 Å². The van der Waals surface area contributed by atoms with Gasteiger partial charge >= 0.3 is 0 Å². The van der Waals surface area contributed by atoms with Crippen LogP contribution in [-0.2, 0) is 4.79 Å². The van der Waals surface area contributed by atoms with Crippen LogP contribution < -0.4 is 5.32 Å². The van der Waals surface area contributed by atoms with Gasteiger partial charge in [0.1, 0.15) is 0 Å². The summed E-state index contributed by atoms with van der Waals surface area (Å²) < 4.78 is 0. The predicted molar refractivity (Wildman–Crippen MR) is 76.6 cm³/mol. The Morgan fingerprint density at radius 2 is 2.00 bits per heavy atom. The van der Waals surface area contributed by atoms with Crippen molar-refractivity contribution in [3.8, 4) is 0 Å². The van der Waals surface area contributed by atoms with Crippen molar-refractivity contribution in [1.82, 2.24) is 10.2 Å². The van der Waals surface area contributed by atoms with Crippen molar-refractivity contribution in [2.24, 2.45) is 11.3 Å². The number of rotatable bonds is 5. The zero-order valence-electron chi connectivity index (χ0n) is 12.7. The van der Waals surface area contributed by atoms with Gasteiger partial charge in [-0.2, -0.15) is 0 Å². The molecule has 3 heteroatoms. The third kappa shape index (κ3) is 2.20. The van der Waals surface area contributed by atoms with Gasteiger partial charge in [0.05, 0.1) is 11.7 Å². The molecule has 0 aromatic rings. The smallest absolute Gasteiger partial charge is 0.244 e. The Labute approximate surface area is 117 Å². The highest BCUT2D eigenvalue weighted by atomic mass is 16.2. The van der Waals surface area contributed by atoms with Gasteiger partial charge in [0.15, 0.2) is 0 Å². The molecule has 3 rings (SSSR count). The van der Waals surface area contributed by atoms with Crippen LogP contribution in [0.2, 0.25) is 0 Å². The van der Waals surface area contributed by atoms with E-state index in [2.05, 4.69) is 31.0 Å². The Bertz CT molecular complexity index is 363. The fourth-order valence-corrected chi connectivity index (χ4v) is 3.83. The molecule has 1 atom stereocenters. The normalized spacial score (nSPS) is 31.1. The Morgan fingerprint density at radius 3 is 2.42 bits per heavy atom. The minimum Gasteiger partial charge on any atom is -0.325 e. The first-order valence-corrected chi connectivity index (χ1v) is 8.09. The highest BCUT2D eigenvalue weighted by molar-refractivity contribution is 5.91. The van der Waals surface area contributed by atoms with Crippen molar-refractivity contribution in [3.05, 3.63) is 0 Å². The maximum Gasteiger partial charge on any atom is 0.244 e. The molecule has 0 aromatic carbocycles. The van der Waals surface area contributed by atoms with Gasteiger partial charge in [0.25, 0.3) is 0 Å². The van der Waals surface area contributed by atoms with Gasteiger partial charge in [0.2, 0.25) is 5.91 Å². The van der Waals surface area contributed by atoms with Gasteiger partial charge < -0.3 is 4.90 Å². The summed E-state index contributed by atoms with van der Waals surface area (Å²) in [4.78, 5) is 14.9. The van der Waals surface area contributed by atoms with Crippen LogP contribution in [0.5, 0.6) is 0 Å². The van der Waals surface area contributed by atoms with Crippen molar-refractivity contribution < 1.29 is 4.79 Å². The van der Waals surface area contributed by atoms with Gasteiger partial charge in [-0.15, -0.1) is 0 Å². The van der Waals surface area contributed by atoms with E-state index in [0.29, 0.717) is 23.4 Å². The van der Waals surface area contributed by atoms with E-state index in [1.165, 1.54) is 25.7 Å². The largest absolute Gasteiger partial charge is 0.325 e. The number of carbonyl (C=O) groups is 1.